The quantitative estimate of drug-likeness (QED) is 0.0473. The summed E-state index contributed by atoms with van der Waals surface area (Å²) in [5.74, 6) is -2.12. The molecule has 0 aliphatic rings. The average Bonchev–Trinajstić information content (AvgIpc) is 2.78. The normalized spacial score (nSPS) is 20.3. The Labute approximate surface area is 209 Å². The summed E-state index contributed by atoms with van der Waals surface area (Å²) in [7, 11) is -20.3. The molecule has 4 N–H and O–H groups in total. The van der Waals surface area contributed by atoms with E-state index < -0.39 is 109 Å². The molecule has 0 spiro atoms. The van der Waals surface area contributed by atoms with Gasteiger partial charge in [0.05, 0.1) is 46.2 Å². The molecule has 0 fully saturated rings. The van der Waals surface area contributed by atoms with Crippen molar-refractivity contribution in [2.45, 2.75) is 0 Å². The van der Waals surface area contributed by atoms with Gasteiger partial charge in [0.1, 0.15) is 0 Å². The second-order valence-corrected chi connectivity index (χ2v) is 12.0. The van der Waals surface area contributed by atoms with Gasteiger partial charge in [-0.05, 0) is 0 Å². The Morgan fingerprint density at radius 2 is 0.946 bits per heavy atom. The Hall–Kier alpha value is 0.180. The lowest BCUT2D eigenvalue weighted by Crippen LogP contribution is -2.27. The number of hydrogen-bond acceptors (Lipinski definition) is 18. The molecule has 37 heavy (non-hydrogen) atoms. The molecule has 0 aliphatic heterocycles. The SMILES string of the molecule is O=P([O-])(O)OCC(CNF)COP(=O)([O-])OCCOP(=O)([O-])OCCOP(=O)([O-])OCC(CO)CNF. The van der Waals surface area contributed by atoms with Gasteiger partial charge in [0.25, 0.3) is 31.3 Å². The van der Waals surface area contributed by atoms with Crippen LogP contribution in [-0.4, -0.2) is 75.9 Å². The summed E-state index contributed by atoms with van der Waals surface area (Å²) in [5.41, 5.74) is 2.33. The van der Waals surface area contributed by atoms with E-state index in [-0.39, 0.29) is 0 Å². The molecule has 0 aromatic rings. The predicted octanol–water partition coefficient (Wildman–Crippen LogP) is -2.86. The van der Waals surface area contributed by atoms with Gasteiger partial charge in [0.15, 0.2) is 0 Å². The molecule has 0 saturated carbocycles. The van der Waals surface area contributed by atoms with Crippen LogP contribution in [0.3, 0.4) is 0 Å². The highest BCUT2D eigenvalue weighted by molar-refractivity contribution is 7.46. The van der Waals surface area contributed by atoms with Crippen LogP contribution in [0.5, 0.6) is 0 Å². The van der Waals surface area contributed by atoms with Crippen LogP contribution >= 0.6 is 31.3 Å². The highest BCUT2D eigenvalue weighted by Crippen LogP contribution is 2.42. The fourth-order valence-corrected chi connectivity index (χ4v) is 4.46. The van der Waals surface area contributed by atoms with E-state index >= 15 is 0 Å². The molecule has 6 atom stereocenters. The average molecular weight is 632 g/mol. The van der Waals surface area contributed by atoms with Crippen molar-refractivity contribution in [3.8, 4) is 0 Å². The Balaban J connectivity index is 4.27. The van der Waals surface area contributed by atoms with Gasteiger partial charge in [-0.3, -0.25) is 18.3 Å². The Bertz CT molecular complexity index is 821. The van der Waals surface area contributed by atoms with E-state index in [0.717, 1.165) is 5.54 Å². The highest BCUT2D eigenvalue weighted by Gasteiger charge is 2.19. The van der Waals surface area contributed by atoms with Gasteiger partial charge < -0.3 is 61.2 Å². The molecule has 0 radical (unpaired) electrons. The highest BCUT2D eigenvalue weighted by atomic mass is 31.2. The van der Waals surface area contributed by atoms with Crippen LogP contribution in [-0.2, 0) is 49.9 Å². The van der Waals surface area contributed by atoms with Crippen LogP contribution in [0.2, 0.25) is 0 Å². The number of halogens is 2. The van der Waals surface area contributed by atoms with Crippen molar-refractivity contribution < 1.29 is 88.5 Å². The van der Waals surface area contributed by atoms with E-state index in [1.807, 2.05) is 0 Å². The maximum absolute atomic E-state index is 12.2. The third-order valence-electron chi connectivity index (χ3n) is 3.56. The van der Waals surface area contributed by atoms with Gasteiger partial charge >= 0.3 is 0 Å². The zero-order valence-electron chi connectivity index (χ0n) is 18.8. The molecule has 0 heterocycles. The largest absolute Gasteiger partial charge is 0.756 e. The lowest BCUT2D eigenvalue weighted by Gasteiger charge is -2.27. The fourth-order valence-electron chi connectivity index (χ4n) is 1.86. The van der Waals surface area contributed by atoms with E-state index in [2.05, 4.69) is 31.7 Å². The van der Waals surface area contributed by atoms with Crippen molar-refractivity contribution in [2.75, 3.05) is 65.9 Å². The van der Waals surface area contributed by atoms with Gasteiger partial charge in [0, 0.05) is 31.5 Å². The molecule has 0 aromatic carbocycles. The monoisotopic (exact) mass is 632 g/mol. The first-order valence-electron chi connectivity index (χ1n) is 9.81. The summed E-state index contributed by atoms with van der Waals surface area (Å²) < 4.78 is 99.3. The zero-order valence-corrected chi connectivity index (χ0v) is 22.4. The third kappa shape index (κ3) is 21.7. The molecule has 6 unspecified atom stereocenters. The molecule has 0 aromatic heterocycles. The number of hydrogen-bond donors (Lipinski definition) is 4. The summed E-state index contributed by atoms with van der Waals surface area (Å²) in [6, 6.07) is 0. The van der Waals surface area contributed by atoms with E-state index in [0.29, 0.717) is 0 Å². The maximum Gasteiger partial charge on any atom is 0.268 e. The minimum Gasteiger partial charge on any atom is -0.756 e. The fraction of sp³-hybridized carbons (Fsp3) is 1.00. The van der Waals surface area contributed by atoms with E-state index in [1.165, 1.54) is 5.54 Å². The molecular weight excluding hydrogens is 606 g/mol. The Morgan fingerprint density at radius 3 is 1.30 bits per heavy atom. The second kappa shape index (κ2) is 18.5. The lowest BCUT2D eigenvalue weighted by molar-refractivity contribution is -0.236. The van der Waals surface area contributed by atoms with E-state index in [4.69, 9.17) is 10.00 Å². The van der Waals surface area contributed by atoms with Crippen molar-refractivity contribution in [1.82, 2.24) is 11.1 Å². The van der Waals surface area contributed by atoms with Gasteiger partial charge in [-0.1, -0.05) is 0 Å². The van der Waals surface area contributed by atoms with Crippen molar-refractivity contribution in [3.05, 3.63) is 0 Å². The first-order valence-corrected chi connectivity index (χ1v) is 15.7. The molecule has 224 valence electrons. The minimum absolute atomic E-state index is 0.405. The predicted molar refractivity (Wildman–Crippen MR) is 107 cm³/mol. The molecule has 0 amide bonds. The lowest BCUT2D eigenvalue weighted by atomic mass is 10.2. The summed E-state index contributed by atoms with van der Waals surface area (Å²) in [4.78, 5) is 53.7. The summed E-state index contributed by atoms with van der Waals surface area (Å²) >= 11 is 0. The van der Waals surface area contributed by atoms with Crippen LogP contribution in [0.15, 0.2) is 0 Å². The van der Waals surface area contributed by atoms with Crippen LogP contribution in [0.25, 0.3) is 0 Å². The van der Waals surface area contributed by atoms with E-state index in [1.54, 1.807) is 0 Å². The summed E-state index contributed by atoms with van der Waals surface area (Å²) in [6.45, 7) is -7.48. The minimum atomic E-state index is -5.16. The van der Waals surface area contributed by atoms with Crippen LogP contribution < -0.4 is 30.7 Å². The first kappa shape index (κ1) is 37.2. The molecular formula is C12H26F2N2O17P4-4. The van der Waals surface area contributed by atoms with Crippen LogP contribution in [0, 0.1) is 11.8 Å². The Morgan fingerprint density at radius 1 is 0.622 bits per heavy atom. The number of nitrogens with one attached hydrogen (secondary N) is 2. The number of phosphoric acid groups is 4. The van der Waals surface area contributed by atoms with Gasteiger partial charge in [-0.2, -0.15) is 11.1 Å². The molecule has 0 saturated heterocycles. The van der Waals surface area contributed by atoms with Gasteiger partial charge in [-0.15, -0.1) is 8.96 Å². The van der Waals surface area contributed by atoms with Crippen LogP contribution in [0.4, 0.5) is 8.96 Å². The maximum atomic E-state index is 12.2. The molecule has 0 rings (SSSR count). The zero-order chi connectivity index (χ0) is 28.6. The number of rotatable bonds is 24. The first-order chi connectivity index (χ1) is 17.0. The topological polar surface area (TPSA) is 290 Å². The van der Waals surface area contributed by atoms with E-state index in [9.17, 15) is 46.8 Å². The number of phosphoric ester groups is 4. The third-order valence-corrected chi connectivity index (χ3v) is 6.97. The standard InChI is InChI=1S/C12H30F2N2O17P4/c13-15-5-11(7-17)8-32-36(23,24)29-3-1-27-35(21,22)28-2-4-30-37(25,26)33-10-12(6-16-14)9-31-34(18,19)20/h11-12,15-17H,1-10H2,(H,21,22)(H,23,24)(H,25,26)(H2,18,19,20)/p-4. The summed E-state index contributed by atoms with van der Waals surface area (Å²) in [5, 5.41) is 8.89. The smallest absolute Gasteiger partial charge is 0.268 e. The summed E-state index contributed by atoms with van der Waals surface area (Å²) in [6.07, 6.45) is 0. The van der Waals surface area contributed by atoms with Crippen molar-refractivity contribution >= 4 is 31.3 Å². The number of aliphatic hydroxyl groups is 1. The molecule has 0 aliphatic carbocycles. The Kier molecular flexibility index (Phi) is 18.6. The molecule has 25 heteroatoms. The van der Waals surface area contributed by atoms with Gasteiger partial charge in [0.2, 0.25) is 0 Å². The number of aliphatic hydroxyl groups excluding tert-OH is 1. The molecule has 19 nitrogen and oxygen atoms in total. The van der Waals surface area contributed by atoms with Crippen LogP contribution in [0.1, 0.15) is 0 Å². The molecule has 0 bridgehead atoms. The second-order valence-electron chi connectivity index (χ2n) is 6.62. The van der Waals surface area contributed by atoms with Crippen molar-refractivity contribution in [1.29, 1.82) is 0 Å². The van der Waals surface area contributed by atoms with Gasteiger partial charge in [-0.25, -0.2) is 0 Å². The van der Waals surface area contributed by atoms with Crippen molar-refractivity contribution in [2.24, 2.45) is 11.8 Å². The van der Waals surface area contributed by atoms with Crippen molar-refractivity contribution in [3.63, 3.8) is 0 Å².